The summed E-state index contributed by atoms with van der Waals surface area (Å²) in [5.41, 5.74) is 7.68. The molecular weight excluding hydrogens is 592 g/mol. The first-order valence-electron chi connectivity index (χ1n) is 16.9. The third kappa shape index (κ3) is 6.14. The Labute approximate surface area is 281 Å². The topological polar surface area (TPSA) is 60.4 Å². The molecule has 0 aliphatic heterocycles. The van der Waals surface area contributed by atoms with E-state index in [-0.39, 0.29) is 0 Å². The highest BCUT2D eigenvalue weighted by atomic mass is 16.3. The van der Waals surface area contributed by atoms with Crippen LogP contribution in [0.2, 0.25) is 0 Å². The zero-order valence-electron chi connectivity index (χ0n) is 27.4. The fourth-order valence-electron chi connectivity index (χ4n) is 6.52. The molecule has 0 saturated heterocycles. The standard InChI is InChI=1S/C44H38O4/c1-3-5-7-35-25-41(33-13-9-29(27-45)10-14-33)47-43(35)37-21-19-31-17-18-32-20-22-38(24-40(32)39(31)23-37)44-36(8-6-4-2)26-42(48-44)34-15-11-30(28-46)12-16-34/h9-28H,3-8H2,1-2H3. The van der Waals surface area contributed by atoms with Gasteiger partial charge in [-0.15, -0.1) is 0 Å². The quantitative estimate of drug-likeness (QED) is 0.0995. The number of carbonyl (C=O) groups excluding carboxylic acids is 2. The molecule has 0 atom stereocenters. The molecule has 7 rings (SSSR count). The normalized spacial score (nSPS) is 11.4. The van der Waals surface area contributed by atoms with Crippen molar-refractivity contribution in [1.29, 1.82) is 0 Å². The van der Waals surface area contributed by atoms with Crippen molar-refractivity contribution < 1.29 is 18.4 Å². The van der Waals surface area contributed by atoms with E-state index >= 15 is 0 Å². The summed E-state index contributed by atoms with van der Waals surface area (Å²) >= 11 is 0. The maximum absolute atomic E-state index is 11.2. The van der Waals surface area contributed by atoms with Crippen LogP contribution in [0.4, 0.5) is 0 Å². The molecule has 0 aliphatic carbocycles. The van der Waals surface area contributed by atoms with Crippen molar-refractivity contribution in [3.63, 3.8) is 0 Å². The molecule has 0 aliphatic rings. The van der Waals surface area contributed by atoms with Crippen LogP contribution in [0.3, 0.4) is 0 Å². The summed E-state index contributed by atoms with van der Waals surface area (Å²) in [6.07, 6.45) is 7.92. The van der Waals surface area contributed by atoms with Crippen molar-refractivity contribution in [1.82, 2.24) is 0 Å². The molecule has 0 fully saturated rings. The van der Waals surface area contributed by atoms with Crippen LogP contribution >= 0.6 is 0 Å². The monoisotopic (exact) mass is 630 g/mol. The number of carbonyl (C=O) groups is 2. The molecule has 4 nitrogen and oxygen atoms in total. The van der Waals surface area contributed by atoms with E-state index in [0.717, 1.165) is 118 Å². The van der Waals surface area contributed by atoms with Gasteiger partial charge in [0, 0.05) is 33.4 Å². The van der Waals surface area contributed by atoms with Crippen LogP contribution in [0, 0.1) is 0 Å². The Kier molecular flexibility index (Phi) is 8.89. The van der Waals surface area contributed by atoms with Gasteiger partial charge < -0.3 is 8.83 Å². The summed E-state index contributed by atoms with van der Waals surface area (Å²) in [6, 6.07) is 37.0. The smallest absolute Gasteiger partial charge is 0.150 e. The Morgan fingerprint density at radius 2 is 0.854 bits per heavy atom. The summed E-state index contributed by atoms with van der Waals surface area (Å²) in [7, 11) is 0. The van der Waals surface area contributed by atoms with Crippen LogP contribution in [-0.2, 0) is 12.8 Å². The van der Waals surface area contributed by atoms with E-state index in [0.29, 0.717) is 11.1 Å². The highest BCUT2D eigenvalue weighted by Gasteiger charge is 2.18. The molecule has 4 heteroatoms. The zero-order chi connectivity index (χ0) is 33.0. The van der Waals surface area contributed by atoms with Crippen molar-refractivity contribution in [3.8, 4) is 45.3 Å². The first-order chi connectivity index (χ1) is 23.6. The molecule has 5 aromatic carbocycles. The highest BCUT2D eigenvalue weighted by Crippen LogP contribution is 2.39. The van der Waals surface area contributed by atoms with E-state index < -0.39 is 0 Å². The lowest BCUT2D eigenvalue weighted by Crippen LogP contribution is -1.88. The molecule has 0 saturated carbocycles. The van der Waals surface area contributed by atoms with Crippen molar-refractivity contribution in [2.45, 2.75) is 52.4 Å². The van der Waals surface area contributed by atoms with E-state index in [1.807, 2.05) is 48.5 Å². The molecule has 0 spiro atoms. The van der Waals surface area contributed by atoms with Gasteiger partial charge >= 0.3 is 0 Å². The van der Waals surface area contributed by atoms with Crippen molar-refractivity contribution >= 4 is 34.1 Å². The minimum absolute atomic E-state index is 0.647. The van der Waals surface area contributed by atoms with Gasteiger partial charge in [0.25, 0.3) is 0 Å². The van der Waals surface area contributed by atoms with Crippen LogP contribution in [0.25, 0.3) is 66.8 Å². The maximum Gasteiger partial charge on any atom is 0.150 e. The molecule has 0 radical (unpaired) electrons. The fraction of sp³-hybridized carbons (Fsp3) is 0.182. The van der Waals surface area contributed by atoms with Gasteiger partial charge in [-0.25, -0.2) is 0 Å². The van der Waals surface area contributed by atoms with Gasteiger partial charge in [-0.05, 0) is 82.6 Å². The molecule has 0 unspecified atom stereocenters. The van der Waals surface area contributed by atoms with Crippen LogP contribution in [0.5, 0.6) is 0 Å². The number of furan rings is 2. The molecule has 238 valence electrons. The molecule has 48 heavy (non-hydrogen) atoms. The van der Waals surface area contributed by atoms with Gasteiger partial charge in [-0.2, -0.15) is 0 Å². The highest BCUT2D eigenvalue weighted by molar-refractivity contribution is 6.10. The Morgan fingerprint density at radius 1 is 0.479 bits per heavy atom. The lowest BCUT2D eigenvalue weighted by Gasteiger charge is -2.10. The second-order valence-corrected chi connectivity index (χ2v) is 12.6. The summed E-state index contributed by atoms with van der Waals surface area (Å²) in [5, 5.41) is 4.65. The Balaban J connectivity index is 1.33. The molecule has 0 N–H and O–H groups in total. The van der Waals surface area contributed by atoms with E-state index in [2.05, 4.69) is 74.5 Å². The van der Waals surface area contributed by atoms with Crippen LogP contribution in [0.1, 0.15) is 71.4 Å². The van der Waals surface area contributed by atoms with Crippen LogP contribution in [0.15, 0.2) is 118 Å². The first kappa shape index (κ1) is 31.1. The lowest BCUT2D eigenvalue weighted by atomic mass is 9.95. The number of aryl methyl sites for hydroxylation is 2. The Bertz CT molecular complexity index is 2070. The summed E-state index contributed by atoms with van der Waals surface area (Å²) < 4.78 is 13.2. The SMILES string of the molecule is CCCCc1cc(-c2ccc(C=O)cc2)oc1-c1ccc2ccc3ccc(-c4oc(-c5ccc(C=O)cc5)cc4CCCC)cc3c2c1. The van der Waals surface area contributed by atoms with Crippen molar-refractivity contribution in [3.05, 3.63) is 131 Å². The molecule has 7 aromatic rings. The predicted octanol–water partition coefficient (Wildman–Crippen LogP) is 12.2. The van der Waals surface area contributed by atoms with Gasteiger partial charge in [0.15, 0.2) is 0 Å². The second-order valence-electron chi connectivity index (χ2n) is 12.6. The van der Waals surface area contributed by atoms with E-state index in [1.165, 1.54) is 11.1 Å². The van der Waals surface area contributed by atoms with E-state index in [4.69, 9.17) is 8.83 Å². The van der Waals surface area contributed by atoms with Crippen LogP contribution < -0.4 is 0 Å². The predicted molar refractivity (Wildman–Crippen MR) is 196 cm³/mol. The van der Waals surface area contributed by atoms with Gasteiger partial charge in [0.05, 0.1) is 0 Å². The Hall–Kier alpha value is -5.48. The van der Waals surface area contributed by atoms with Gasteiger partial charge in [0.2, 0.25) is 0 Å². The average Bonchev–Trinajstić information content (AvgIpc) is 3.77. The molecule has 2 aromatic heterocycles. The van der Waals surface area contributed by atoms with E-state index in [1.54, 1.807) is 0 Å². The molecular formula is C44H38O4. The van der Waals surface area contributed by atoms with Crippen molar-refractivity contribution in [2.24, 2.45) is 0 Å². The summed E-state index contributed by atoms with van der Waals surface area (Å²) in [4.78, 5) is 22.4. The number of hydrogen-bond acceptors (Lipinski definition) is 4. The third-order valence-electron chi connectivity index (χ3n) is 9.24. The second kappa shape index (κ2) is 13.7. The minimum Gasteiger partial charge on any atom is -0.456 e. The van der Waals surface area contributed by atoms with Crippen molar-refractivity contribution in [2.75, 3.05) is 0 Å². The summed E-state index contributed by atoms with van der Waals surface area (Å²) in [5.74, 6) is 3.41. The lowest BCUT2D eigenvalue weighted by molar-refractivity contribution is 0.111. The number of hydrogen-bond donors (Lipinski definition) is 0. The summed E-state index contributed by atoms with van der Waals surface area (Å²) in [6.45, 7) is 4.41. The number of fused-ring (bicyclic) bond motifs is 3. The largest absolute Gasteiger partial charge is 0.456 e. The molecule has 0 bridgehead atoms. The molecule has 0 amide bonds. The van der Waals surface area contributed by atoms with Gasteiger partial charge in [0.1, 0.15) is 35.6 Å². The van der Waals surface area contributed by atoms with Gasteiger partial charge in [-0.3, -0.25) is 9.59 Å². The van der Waals surface area contributed by atoms with Gasteiger partial charge in [-0.1, -0.05) is 112 Å². The number of rotatable bonds is 12. The average molecular weight is 631 g/mol. The zero-order valence-corrected chi connectivity index (χ0v) is 27.4. The van der Waals surface area contributed by atoms with Crippen LogP contribution in [-0.4, -0.2) is 12.6 Å². The minimum atomic E-state index is 0.647. The number of unbranched alkanes of at least 4 members (excludes halogenated alkanes) is 2. The number of benzene rings is 5. The van der Waals surface area contributed by atoms with E-state index in [9.17, 15) is 9.59 Å². The maximum atomic E-state index is 11.2. The molecule has 2 heterocycles. The Morgan fingerprint density at radius 3 is 1.23 bits per heavy atom. The first-order valence-corrected chi connectivity index (χ1v) is 16.9. The fourth-order valence-corrected chi connectivity index (χ4v) is 6.52. The third-order valence-corrected chi connectivity index (χ3v) is 9.24. The number of aldehydes is 2.